The first-order chi connectivity index (χ1) is 10.1. The van der Waals surface area contributed by atoms with Gasteiger partial charge in [0.15, 0.2) is 0 Å². The van der Waals surface area contributed by atoms with Gasteiger partial charge in [-0.25, -0.2) is 0 Å². The normalized spacial score (nSPS) is 18.1. The second kappa shape index (κ2) is 9.16. The summed E-state index contributed by atoms with van der Waals surface area (Å²) in [5.41, 5.74) is 7.35. The number of rotatable bonds is 5. The molecule has 1 fully saturated rings. The van der Waals surface area contributed by atoms with Crippen LogP contribution in [0.25, 0.3) is 0 Å². The lowest BCUT2D eigenvalue weighted by molar-refractivity contribution is -0.138. The maximum Gasteiger partial charge on any atom is 0.227 e. The molecule has 0 radical (unpaired) electrons. The lowest BCUT2D eigenvalue weighted by Gasteiger charge is -2.36. The van der Waals surface area contributed by atoms with E-state index in [-0.39, 0.29) is 30.3 Å². The molecule has 0 saturated heterocycles. The first-order valence-electron chi connectivity index (χ1n) is 8.26. The lowest BCUT2D eigenvalue weighted by atomic mass is 9.90. The van der Waals surface area contributed by atoms with Gasteiger partial charge in [-0.3, -0.25) is 4.79 Å². The molecule has 22 heavy (non-hydrogen) atoms. The smallest absolute Gasteiger partial charge is 0.227 e. The van der Waals surface area contributed by atoms with Crippen LogP contribution in [0.4, 0.5) is 0 Å². The van der Waals surface area contributed by atoms with Crippen LogP contribution in [0.5, 0.6) is 0 Å². The lowest BCUT2D eigenvalue weighted by Crippen LogP contribution is -2.46. The van der Waals surface area contributed by atoms with Crippen molar-refractivity contribution in [2.75, 3.05) is 6.54 Å². The molecule has 2 N–H and O–H groups in total. The molecule has 0 bridgehead atoms. The Bertz CT molecular complexity index is 446. The number of hydrogen-bond donors (Lipinski definition) is 1. The fourth-order valence-electron chi connectivity index (χ4n) is 3.37. The summed E-state index contributed by atoms with van der Waals surface area (Å²) >= 11 is 0. The van der Waals surface area contributed by atoms with Gasteiger partial charge in [0.05, 0.1) is 5.92 Å². The van der Waals surface area contributed by atoms with E-state index in [9.17, 15) is 4.79 Å². The van der Waals surface area contributed by atoms with Crippen LogP contribution in [-0.2, 0) is 4.79 Å². The summed E-state index contributed by atoms with van der Waals surface area (Å²) in [7, 11) is 0. The zero-order chi connectivity index (χ0) is 15.2. The van der Waals surface area contributed by atoms with E-state index in [0.29, 0.717) is 6.04 Å². The van der Waals surface area contributed by atoms with Crippen LogP contribution in [0.3, 0.4) is 0 Å². The predicted molar refractivity (Wildman–Crippen MR) is 94.0 cm³/mol. The van der Waals surface area contributed by atoms with Gasteiger partial charge in [-0.05, 0) is 25.3 Å². The Kier molecular flexibility index (Phi) is 7.91. The monoisotopic (exact) mass is 324 g/mol. The molecule has 1 amide bonds. The molecular formula is C18H29ClN2O. The van der Waals surface area contributed by atoms with Crippen molar-refractivity contribution >= 4 is 18.3 Å². The van der Waals surface area contributed by atoms with Gasteiger partial charge in [-0.2, -0.15) is 0 Å². The number of hydrogen-bond acceptors (Lipinski definition) is 2. The van der Waals surface area contributed by atoms with E-state index in [1.807, 2.05) is 37.3 Å². The molecule has 2 rings (SSSR count). The highest BCUT2D eigenvalue weighted by molar-refractivity contribution is 5.85. The molecule has 0 heterocycles. The number of halogens is 1. The summed E-state index contributed by atoms with van der Waals surface area (Å²) in [5.74, 6) is 0.0371. The van der Waals surface area contributed by atoms with Crippen LogP contribution in [0, 0.1) is 5.92 Å². The van der Waals surface area contributed by atoms with E-state index in [1.54, 1.807) is 0 Å². The maximum atomic E-state index is 12.8. The molecule has 3 nitrogen and oxygen atoms in total. The Morgan fingerprint density at radius 3 is 2.36 bits per heavy atom. The Labute approximate surface area is 140 Å². The first kappa shape index (κ1) is 19.0. The van der Waals surface area contributed by atoms with Crippen molar-refractivity contribution in [1.82, 2.24) is 4.90 Å². The Morgan fingerprint density at radius 1 is 1.23 bits per heavy atom. The standard InChI is InChI=1S/C18H28N2O.ClH/c1-3-20(16-12-8-5-9-13-16)18(21)14(2)17(19)15-10-6-4-7-11-15;/h4,6-7,10-11,14,16-17H,3,5,8-9,12-13,19H2,1-2H3;1H. The third kappa shape index (κ3) is 4.47. The minimum absolute atomic E-state index is 0. The van der Waals surface area contributed by atoms with Gasteiger partial charge in [-0.15, -0.1) is 12.4 Å². The van der Waals surface area contributed by atoms with Crippen molar-refractivity contribution in [1.29, 1.82) is 0 Å². The summed E-state index contributed by atoms with van der Waals surface area (Å²) in [6, 6.07) is 10.1. The minimum Gasteiger partial charge on any atom is -0.340 e. The number of nitrogens with zero attached hydrogens (tertiary/aromatic N) is 1. The quantitative estimate of drug-likeness (QED) is 0.892. The average Bonchev–Trinajstić information content (AvgIpc) is 2.56. The number of amides is 1. The van der Waals surface area contributed by atoms with Crippen LogP contribution >= 0.6 is 12.4 Å². The van der Waals surface area contributed by atoms with Crippen LogP contribution in [0.15, 0.2) is 30.3 Å². The van der Waals surface area contributed by atoms with Crippen LogP contribution < -0.4 is 5.73 Å². The Balaban J connectivity index is 0.00000242. The number of carbonyl (C=O) groups excluding carboxylic acids is 1. The van der Waals surface area contributed by atoms with Crippen molar-refractivity contribution in [3.05, 3.63) is 35.9 Å². The summed E-state index contributed by atoms with van der Waals surface area (Å²) in [6.07, 6.45) is 6.09. The SMILES string of the molecule is CCN(C(=O)C(C)C(N)c1ccccc1)C1CCCCC1.Cl. The van der Waals surface area contributed by atoms with E-state index < -0.39 is 0 Å². The predicted octanol–water partition coefficient (Wildman–Crippen LogP) is 3.93. The second-order valence-electron chi connectivity index (χ2n) is 6.14. The summed E-state index contributed by atoms with van der Waals surface area (Å²) in [5, 5.41) is 0. The molecule has 124 valence electrons. The summed E-state index contributed by atoms with van der Waals surface area (Å²) < 4.78 is 0. The minimum atomic E-state index is -0.226. The zero-order valence-electron chi connectivity index (χ0n) is 13.7. The highest BCUT2D eigenvalue weighted by Crippen LogP contribution is 2.27. The van der Waals surface area contributed by atoms with Crippen molar-refractivity contribution < 1.29 is 4.79 Å². The molecule has 4 heteroatoms. The van der Waals surface area contributed by atoms with E-state index in [4.69, 9.17) is 5.73 Å². The van der Waals surface area contributed by atoms with Gasteiger partial charge < -0.3 is 10.6 Å². The van der Waals surface area contributed by atoms with Gasteiger partial charge in [0, 0.05) is 18.6 Å². The van der Waals surface area contributed by atoms with Crippen LogP contribution in [0.2, 0.25) is 0 Å². The van der Waals surface area contributed by atoms with E-state index in [2.05, 4.69) is 11.8 Å². The molecule has 1 aliphatic carbocycles. The third-order valence-corrected chi connectivity index (χ3v) is 4.75. The average molecular weight is 325 g/mol. The van der Waals surface area contributed by atoms with Gasteiger partial charge in [0.1, 0.15) is 0 Å². The largest absolute Gasteiger partial charge is 0.340 e. The molecule has 2 unspecified atom stereocenters. The van der Waals surface area contributed by atoms with E-state index in [1.165, 1.54) is 19.3 Å². The van der Waals surface area contributed by atoms with Crippen molar-refractivity contribution in [2.45, 2.75) is 58.0 Å². The van der Waals surface area contributed by atoms with E-state index in [0.717, 1.165) is 24.9 Å². The van der Waals surface area contributed by atoms with Crippen molar-refractivity contribution in [3.8, 4) is 0 Å². The number of carbonyl (C=O) groups is 1. The fourth-order valence-corrected chi connectivity index (χ4v) is 3.37. The molecule has 0 aromatic heterocycles. The number of benzene rings is 1. The van der Waals surface area contributed by atoms with Gasteiger partial charge in [0.2, 0.25) is 5.91 Å². The first-order valence-corrected chi connectivity index (χ1v) is 8.26. The van der Waals surface area contributed by atoms with Crippen molar-refractivity contribution in [2.24, 2.45) is 11.7 Å². The van der Waals surface area contributed by atoms with Crippen molar-refractivity contribution in [3.63, 3.8) is 0 Å². The fraction of sp³-hybridized carbons (Fsp3) is 0.611. The Hall–Kier alpha value is -1.06. The third-order valence-electron chi connectivity index (χ3n) is 4.75. The van der Waals surface area contributed by atoms with Crippen LogP contribution in [-0.4, -0.2) is 23.4 Å². The van der Waals surface area contributed by atoms with Gasteiger partial charge >= 0.3 is 0 Å². The molecule has 1 aliphatic rings. The highest BCUT2D eigenvalue weighted by atomic mass is 35.5. The van der Waals surface area contributed by atoms with Crippen LogP contribution in [0.1, 0.15) is 57.6 Å². The summed E-state index contributed by atoms with van der Waals surface area (Å²) in [6.45, 7) is 4.83. The van der Waals surface area contributed by atoms with E-state index >= 15 is 0 Å². The Morgan fingerprint density at radius 2 is 1.82 bits per heavy atom. The molecule has 1 aromatic rings. The topological polar surface area (TPSA) is 46.3 Å². The molecule has 0 spiro atoms. The van der Waals surface area contributed by atoms with Gasteiger partial charge in [-0.1, -0.05) is 56.5 Å². The molecular weight excluding hydrogens is 296 g/mol. The highest BCUT2D eigenvalue weighted by Gasteiger charge is 2.30. The van der Waals surface area contributed by atoms with Gasteiger partial charge in [0.25, 0.3) is 0 Å². The molecule has 1 saturated carbocycles. The maximum absolute atomic E-state index is 12.8. The molecule has 2 atom stereocenters. The molecule has 1 aromatic carbocycles. The number of nitrogens with two attached hydrogens (primary N) is 1. The zero-order valence-corrected chi connectivity index (χ0v) is 14.5. The molecule has 0 aliphatic heterocycles. The summed E-state index contributed by atoms with van der Waals surface area (Å²) in [4.78, 5) is 14.9. The second-order valence-corrected chi connectivity index (χ2v) is 6.14.